The standard InChI is InChI=1S/C13H20N2O12P2/c1-13(2)26-9-8(6(16)5-28(19,20)21)25-11(10(9)27-13)15(29(22,23)24)4-3-7(17)14-12(15)18/h3-4,6,8-11,16H,5H2,1-2H3,(H4-,14,17,18,19,20,21,22,23,24)/p+1/t6?,8-,9-,10-,11-,15?/m1/s1. The fraction of sp³-hybridized carbons (Fsp3) is 0.692. The Morgan fingerprint density at radius 3 is 2.28 bits per heavy atom. The molecule has 0 aliphatic carbocycles. The fourth-order valence-electron chi connectivity index (χ4n) is 3.62. The number of rotatable bonds is 5. The van der Waals surface area contributed by atoms with Crippen molar-refractivity contribution >= 4 is 27.3 Å². The zero-order valence-electron chi connectivity index (χ0n) is 15.2. The molecule has 2 unspecified atom stereocenters. The number of hydrogen-bond acceptors (Lipinski definition) is 8. The Morgan fingerprint density at radius 1 is 1.17 bits per heavy atom. The first-order valence-corrected chi connectivity index (χ1v) is 11.7. The maximum atomic E-state index is 12.5. The largest absolute Gasteiger partial charge is 0.542 e. The van der Waals surface area contributed by atoms with Gasteiger partial charge < -0.3 is 29.1 Å². The molecule has 0 aromatic heterocycles. The first kappa shape index (κ1) is 22.7. The van der Waals surface area contributed by atoms with Crippen molar-refractivity contribution in [1.82, 2.24) is 5.32 Å². The lowest BCUT2D eigenvalue weighted by Gasteiger charge is -2.38. The van der Waals surface area contributed by atoms with Gasteiger partial charge in [-0.2, -0.15) is 0 Å². The molecular formula is C13H21N2O12P2+. The average Bonchev–Trinajstić information content (AvgIpc) is 2.98. The van der Waals surface area contributed by atoms with Crippen molar-refractivity contribution in [1.29, 1.82) is 0 Å². The molecule has 164 valence electrons. The molecule has 0 spiro atoms. The van der Waals surface area contributed by atoms with Crippen LogP contribution in [0.3, 0.4) is 0 Å². The number of nitrogens with one attached hydrogen (secondary N) is 1. The minimum atomic E-state index is -5.40. The van der Waals surface area contributed by atoms with Crippen LogP contribution in [0.25, 0.3) is 0 Å². The summed E-state index contributed by atoms with van der Waals surface area (Å²) in [4.78, 5) is 62.2. The van der Waals surface area contributed by atoms with Crippen molar-refractivity contribution in [2.45, 2.75) is 50.3 Å². The summed E-state index contributed by atoms with van der Waals surface area (Å²) in [5.41, 5.74) is 0. The Bertz CT molecular complexity index is 849. The van der Waals surface area contributed by atoms with Crippen LogP contribution in [0.2, 0.25) is 0 Å². The summed E-state index contributed by atoms with van der Waals surface area (Å²) < 4.78 is 38.6. The van der Waals surface area contributed by atoms with Gasteiger partial charge in [-0.3, -0.25) is 19.1 Å². The van der Waals surface area contributed by atoms with Crippen molar-refractivity contribution in [3.8, 4) is 0 Å². The molecule has 29 heavy (non-hydrogen) atoms. The molecule has 16 heteroatoms. The SMILES string of the molecule is CC1(C)O[C@@H]2[C@H](O1)[C@@H](C(O)CP(=O)(O)O)O[C@H]2[N+]1(P(=O)(O)O)C=CC(=O)NC1=O. The van der Waals surface area contributed by atoms with Gasteiger partial charge >= 0.3 is 21.4 Å². The van der Waals surface area contributed by atoms with E-state index in [4.69, 9.17) is 24.0 Å². The Labute approximate surface area is 164 Å². The fourth-order valence-corrected chi connectivity index (χ4v) is 5.33. The van der Waals surface area contributed by atoms with Crippen LogP contribution in [0.5, 0.6) is 0 Å². The van der Waals surface area contributed by atoms with Gasteiger partial charge in [0.15, 0.2) is 11.9 Å². The maximum Gasteiger partial charge on any atom is 0.542 e. The summed E-state index contributed by atoms with van der Waals surface area (Å²) in [7, 11) is -10.1. The summed E-state index contributed by atoms with van der Waals surface area (Å²) in [6.45, 7) is 2.93. The lowest BCUT2D eigenvalue weighted by molar-refractivity contribution is -0.754. The van der Waals surface area contributed by atoms with Crippen LogP contribution in [0.4, 0.5) is 4.79 Å². The molecule has 3 aliphatic rings. The van der Waals surface area contributed by atoms with Gasteiger partial charge in [-0.25, -0.2) is 14.7 Å². The number of fused-ring (bicyclic) bond motifs is 1. The molecule has 0 radical (unpaired) electrons. The third-order valence-corrected chi connectivity index (χ3v) is 6.95. The minimum absolute atomic E-state index is 0.663. The number of ether oxygens (including phenoxy) is 3. The molecule has 0 aromatic carbocycles. The van der Waals surface area contributed by atoms with Gasteiger partial charge in [-0.05, 0) is 13.8 Å². The molecule has 0 aromatic rings. The smallest absolute Gasteiger partial charge is 0.390 e. The third kappa shape index (κ3) is 3.99. The van der Waals surface area contributed by atoms with Crippen LogP contribution >= 0.6 is 15.3 Å². The number of carbonyl (C=O) groups excluding carboxylic acids is 2. The first-order valence-electron chi connectivity index (χ1n) is 8.30. The molecule has 6 N–H and O–H groups in total. The Morgan fingerprint density at radius 2 is 1.76 bits per heavy atom. The van der Waals surface area contributed by atoms with E-state index in [9.17, 15) is 33.6 Å². The monoisotopic (exact) mass is 459 g/mol. The predicted molar refractivity (Wildman–Crippen MR) is 90.4 cm³/mol. The van der Waals surface area contributed by atoms with Crippen LogP contribution in [-0.4, -0.2) is 83.5 Å². The maximum absolute atomic E-state index is 12.5. The quantitative estimate of drug-likeness (QED) is 0.258. The molecule has 0 bridgehead atoms. The van der Waals surface area contributed by atoms with E-state index in [1.54, 1.807) is 5.32 Å². The molecule has 2 fully saturated rings. The number of nitrogens with zero attached hydrogens (tertiary/aromatic N) is 1. The van der Waals surface area contributed by atoms with Crippen LogP contribution in [0.1, 0.15) is 13.8 Å². The summed E-state index contributed by atoms with van der Waals surface area (Å²) >= 11 is 0. The van der Waals surface area contributed by atoms with E-state index < -0.39 is 74.1 Å². The van der Waals surface area contributed by atoms with Gasteiger partial charge in [0.1, 0.15) is 18.4 Å². The predicted octanol–water partition coefficient (Wildman–Crippen LogP) is -1.56. The van der Waals surface area contributed by atoms with E-state index in [1.807, 2.05) is 0 Å². The zero-order valence-corrected chi connectivity index (χ0v) is 17.0. The normalized spacial score (nSPS) is 38.0. The molecular weight excluding hydrogens is 438 g/mol. The third-order valence-electron chi connectivity index (χ3n) is 4.70. The van der Waals surface area contributed by atoms with Gasteiger partial charge in [-0.1, -0.05) is 0 Å². The Balaban J connectivity index is 2.07. The van der Waals surface area contributed by atoms with Crippen molar-refractivity contribution in [2.24, 2.45) is 0 Å². The molecule has 14 nitrogen and oxygen atoms in total. The van der Waals surface area contributed by atoms with E-state index in [2.05, 4.69) is 0 Å². The first-order chi connectivity index (χ1) is 13.1. The van der Waals surface area contributed by atoms with E-state index >= 15 is 0 Å². The van der Waals surface area contributed by atoms with Crippen molar-refractivity contribution in [3.05, 3.63) is 12.3 Å². The van der Waals surface area contributed by atoms with Crippen molar-refractivity contribution < 1.29 is 61.9 Å². The Hall–Kier alpha value is -1.02. The summed E-state index contributed by atoms with van der Waals surface area (Å²) in [6.07, 6.45) is -7.23. The highest BCUT2D eigenvalue weighted by Gasteiger charge is 2.71. The van der Waals surface area contributed by atoms with Gasteiger partial charge in [-0.15, -0.1) is 4.25 Å². The highest BCUT2D eigenvalue weighted by molar-refractivity contribution is 7.51. The summed E-state index contributed by atoms with van der Waals surface area (Å²) in [5.74, 6) is -2.23. The van der Waals surface area contributed by atoms with E-state index in [1.165, 1.54) is 13.8 Å². The second-order valence-corrected chi connectivity index (χ2v) is 10.7. The number of amides is 3. The number of hydrogen-bond donors (Lipinski definition) is 6. The molecule has 2 saturated heterocycles. The summed E-state index contributed by atoms with van der Waals surface area (Å²) in [5, 5.41) is 12.1. The van der Waals surface area contributed by atoms with E-state index in [0.29, 0.717) is 6.20 Å². The van der Waals surface area contributed by atoms with Gasteiger partial charge in [0, 0.05) is 0 Å². The average molecular weight is 459 g/mol. The van der Waals surface area contributed by atoms with Gasteiger partial charge in [0.25, 0.3) is 5.91 Å². The molecule has 3 heterocycles. The lowest BCUT2D eigenvalue weighted by atomic mass is 10.1. The highest BCUT2D eigenvalue weighted by Crippen LogP contribution is 2.57. The topological polar surface area (TPSA) is 209 Å². The molecule has 0 saturated carbocycles. The van der Waals surface area contributed by atoms with Crippen LogP contribution in [0, 0.1) is 0 Å². The second-order valence-electron chi connectivity index (χ2n) is 7.33. The highest BCUT2D eigenvalue weighted by atomic mass is 31.2. The number of imide groups is 1. The lowest BCUT2D eigenvalue weighted by Crippen LogP contribution is -2.63. The van der Waals surface area contributed by atoms with Crippen LogP contribution in [-0.2, 0) is 28.1 Å². The molecule has 3 rings (SSSR count). The van der Waals surface area contributed by atoms with Crippen LogP contribution in [0.15, 0.2) is 12.3 Å². The van der Waals surface area contributed by atoms with Crippen molar-refractivity contribution in [3.63, 3.8) is 0 Å². The number of aliphatic hydroxyl groups excluding tert-OH is 1. The minimum Gasteiger partial charge on any atom is -0.390 e. The molecule has 6 atom stereocenters. The number of urea groups is 1. The van der Waals surface area contributed by atoms with Gasteiger partial charge in [0.05, 0.1) is 18.3 Å². The van der Waals surface area contributed by atoms with Crippen molar-refractivity contribution in [2.75, 3.05) is 6.16 Å². The van der Waals surface area contributed by atoms with Gasteiger partial charge in [0.2, 0.25) is 6.23 Å². The number of quaternary nitrogens is 1. The summed E-state index contributed by atoms with van der Waals surface area (Å²) in [6, 6.07) is -1.40. The molecule has 3 amide bonds. The number of aliphatic hydroxyl groups is 1. The van der Waals surface area contributed by atoms with Crippen LogP contribution < -0.4 is 5.32 Å². The zero-order chi connectivity index (χ0) is 22.0. The van der Waals surface area contributed by atoms with E-state index in [0.717, 1.165) is 6.08 Å². The van der Waals surface area contributed by atoms with E-state index in [-0.39, 0.29) is 0 Å². The Kier molecular flexibility index (Phi) is 5.48. The second kappa shape index (κ2) is 7.01. The molecule has 3 aliphatic heterocycles. The number of carbonyl (C=O) groups is 2.